The normalized spacial score (nSPS) is 12.5. The highest BCUT2D eigenvalue weighted by Gasteiger charge is 2.29. The van der Waals surface area contributed by atoms with Crippen molar-refractivity contribution >= 4 is 50.7 Å². The molecule has 0 radical (unpaired) electrons. The Labute approximate surface area is 163 Å². The third kappa shape index (κ3) is 5.16. The lowest BCUT2D eigenvalue weighted by Crippen LogP contribution is -2.45. The maximum atomic E-state index is 12.8. The minimum atomic E-state index is -3.68. The van der Waals surface area contributed by atoms with Crippen molar-refractivity contribution in [1.29, 1.82) is 0 Å². The van der Waals surface area contributed by atoms with Gasteiger partial charge in [-0.1, -0.05) is 36.7 Å². The van der Waals surface area contributed by atoms with E-state index in [1.165, 1.54) is 6.07 Å². The number of carbonyl (C=O) groups is 1. The Morgan fingerprint density at radius 3 is 2.54 bits per heavy atom. The van der Waals surface area contributed by atoms with E-state index in [1.54, 1.807) is 43.0 Å². The average Bonchev–Trinajstić information content (AvgIpc) is 2.55. The SMILES string of the molecule is CCSc1ccccc1NC(=O)[C@@H](C)N(c1cccc(Cl)c1)S(C)(=O)=O. The monoisotopic (exact) mass is 412 g/mol. The smallest absolute Gasteiger partial charge is 0.248 e. The molecule has 0 bridgehead atoms. The third-order valence-electron chi connectivity index (χ3n) is 3.60. The first-order chi connectivity index (χ1) is 12.2. The van der Waals surface area contributed by atoms with Gasteiger partial charge >= 0.3 is 0 Å². The molecule has 2 aromatic carbocycles. The van der Waals surface area contributed by atoms with Crippen LogP contribution in [-0.4, -0.2) is 32.4 Å². The van der Waals surface area contributed by atoms with Gasteiger partial charge in [0.15, 0.2) is 0 Å². The molecule has 0 spiro atoms. The highest BCUT2D eigenvalue weighted by molar-refractivity contribution is 7.99. The molecule has 140 valence electrons. The van der Waals surface area contributed by atoms with Crippen LogP contribution in [0.2, 0.25) is 5.02 Å². The van der Waals surface area contributed by atoms with Crippen LogP contribution in [0.25, 0.3) is 0 Å². The minimum Gasteiger partial charge on any atom is -0.323 e. The number of para-hydroxylation sites is 1. The van der Waals surface area contributed by atoms with Gasteiger partial charge in [-0.2, -0.15) is 0 Å². The number of carbonyl (C=O) groups excluding carboxylic acids is 1. The fourth-order valence-corrected chi connectivity index (χ4v) is 4.62. The van der Waals surface area contributed by atoms with Crippen LogP contribution in [0.5, 0.6) is 0 Å². The molecular formula is C18H21ClN2O3S2. The number of amides is 1. The maximum absolute atomic E-state index is 12.8. The van der Waals surface area contributed by atoms with Gasteiger partial charge in [-0.3, -0.25) is 9.10 Å². The Morgan fingerprint density at radius 2 is 1.92 bits per heavy atom. The number of nitrogens with zero attached hydrogens (tertiary/aromatic N) is 1. The Bertz CT molecular complexity index is 888. The zero-order valence-corrected chi connectivity index (χ0v) is 17.2. The lowest BCUT2D eigenvalue weighted by atomic mass is 10.2. The van der Waals surface area contributed by atoms with E-state index in [1.807, 2.05) is 25.1 Å². The van der Waals surface area contributed by atoms with Gasteiger partial charge in [0.2, 0.25) is 15.9 Å². The zero-order chi connectivity index (χ0) is 19.3. The Hall–Kier alpha value is -1.70. The van der Waals surface area contributed by atoms with Crippen LogP contribution in [-0.2, 0) is 14.8 Å². The van der Waals surface area contributed by atoms with Crippen LogP contribution in [0.3, 0.4) is 0 Å². The molecule has 0 aliphatic carbocycles. The summed E-state index contributed by atoms with van der Waals surface area (Å²) in [4.78, 5) is 13.7. The van der Waals surface area contributed by atoms with Crippen molar-refractivity contribution in [2.75, 3.05) is 21.6 Å². The summed E-state index contributed by atoms with van der Waals surface area (Å²) in [5, 5.41) is 3.23. The van der Waals surface area contributed by atoms with E-state index < -0.39 is 22.0 Å². The molecule has 0 unspecified atom stereocenters. The predicted molar refractivity (Wildman–Crippen MR) is 110 cm³/mol. The van der Waals surface area contributed by atoms with E-state index in [4.69, 9.17) is 11.6 Å². The lowest BCUT2D eigenvalue weighted by molar-refractivity contribution is -0.116. The first kappa shape index (κ1) is 20.6. The first-order valence-electron chi connectivity index (χ1n) is 8.01. The van der Waals surface area contributed by atoms with E-state index in [2.05, 4.69) is 5.32 Å². The van der Waals surface area contributed by atoms with Crippen molar-refractivity contribution in [1.82, 2.24) is 0 Å². The summed E-state index contributed by atoms with van der Waals surface area (Å²) in [6.45, 7) is 3.57. The van der Waals surface area contributed by atoms with Gasteiger partial charge in [0.1, 0.15) is 6.04 Å². The molecule has 0 saturated heterocycles. The van der Waals surface area contributed by atoms with Gasteiger partial charge in [0, 0.05) is 9.92 Å². The maximum Gasteiger partial charge on any atom is 0.248 e. The summed E-state index contributed by atoms with van der Waals surface area (Å²) in [7, 11) is -3.68. The second kappa shape index (κ2) is 8.79. The van der Waals surface area contributed by atoms with Gasteiger partial charge in [-0.15, -0.1) is 11.8 Å². The molecule has 0 aromatic heterocycles. The number of halogens is 1. The number of anilines is 2. The molecule has 0 saturated carbocycles. The van der Waals surface area contributed by atoms with E-state index in [0.29, 0.717) is 16.4 Å². The van der Waals surface area contributed by atoms with Crippen LogP contribution in [0.4, 0.5) is 11.4 Å². The van der Waals surface area contributed by atoms with E-state index >= 15 is 0 Å². The quantitative estimate of drug-likeness (QED) is 0.690. The topological polar surface area (TPSA) is 66.5 Å². The van der Waals surface area contributed by atoms with Crippen molar-refractivity contribution in [2.24, 2.45) is 0 Å². The van der Waals surface area contributed by atoms with Crippen molar-refractivity contribution in [3.63, 3.8) is 0 Å². The third-order valence-corrected chi connectivity index (χ3v) is 6.03. The molecule has 26 heavy (non-hydrogen) atoms. The number of thioether (sulfide) groups is 1. The summed E-state index contributed by atoms with van der Waals surface area (Å²) in [6.07, 6.45) is 1.07. The summed E-state index contributed by atoms with van der Waals surface area (Å²) in [5.41, 5.74) is 1.01. The molecule has 5 nitrogen and oxygen atoms in total. The molecule has 1 amide bonds. The van der Waals surface area contributed by atoms with Crippen LogP contribution >= 0.6 is 23.4 Å². The molecule has 0 heterocycles. The molecule has 2 aromatic rings. The summed E-state index contributed by atoms with van der Waals surface area (Å²) in [5.74, 6) is 0.444. The van der Waals surface area contributed by atoms with E-state index in [0.717, 1.165) is 21.2 Å². The number of hydrogen-bond acceptors (Lipinski definition) is 4. The largest absolute Gasteiger partial charge is 0.323 e. The predicted octanol–water partition coefficient (Wildman–Crippen LogP) is 4.25. The molecule has 8 heteroatoms. The number of hydrogen-bond donors (Lipinski definition) is 1. The van der Waals surface area contributed by atoms with E-state index in [9.17, 15) is 13.2 Å². The van der Waals surface area contributed by atoms with Gasteiger partial charge < -0.3 is 5.32 Å². The van der Waals surface area contributed by atoms with Gasteiger partial charge in [0.25, 0.3) is 0 Å². The molecular weight excluding hydrogens is 392 g/mol. The van der Waals surface area contributed by atoms with Gasteiger partial charge in [0.05, 0.1) is 17.6 Å². The second-order valence-corrected chi connectivity index (χ2v) is 9.23. The van der Waals surface area contributed by atoms with Crippen molar-refractivity contribution < 1.29 is 13.2 Å². The number of nitrogens with one attached hydrogen (secondary N) is 1. The van der Waals surface area contributed by atoms with Crippen molar-refractivity contribution in [2.45, 2.75) is 24.8 Å². The fraction of sp³-hybridized carbons (Fsp3) is 0.278. The molecule has 0 aliphatic heterocycles. The molecule has 0 fully saturated rings. The van der Waals surface area contributed by atoms with Crippen LogP contribution in [0, 0.1) is 0 Å². The van der Waals surface area contributed by atoms with Crippen molar-refractivity contribution in [3.8, 4) is 0 Å². The van der Waals surface area contributed by atoms with Crippen LogP contribution in [0.15, 0.2) is 53.4 Å². The lowest BCUT2D eigenvalue weighted by Gasteiger charge is -2.28. The molecule has 1 atom stereocenters. The van der Waals surface area contributed by atoms with Crippen molar-refractivity contribution in [3.05, 3.63) is 53.6 Å². The second-order valence-electron chi connectivity index (χ2n) is 5.63. The standard InChI is InChI=1S/C18H21ClN2O3S2/c1-4-25-17-11-6-5-10-16(17)20-18(22)13(2)21(26(3,23)24)15-9-7-8-14(19)12-15/h5-13H,4H2,1-3H3,(H,20,22)/t13-/m1/s1. The van der Waals surface area contributed by atoms with Crippen LogP contribution in [0.1, 0.15) is 13.8 Å². The summed E-state index contributed by atoms with van der Waals surface area (Å²) >= 11 is 7.59. The average molecular weight is 413 g/mol. The minimum absolute atomic E-state index is 0.346. The molecule has 2 rings (SSSR count). The Balaban J connectivity index is 2.32. The number of benzene rings is 2. The number of sulfonamides is 1. The number of rotatable bonds is 7. The Morgan fingerprint density at radius 1 is 1.23 bits per heavy atom. The molecule has 1 N–H and O–H groups in total. The van der Waals surface area contributed by atoms with Crippen LogP contribution < -0.4 is 9.62 Å². The highest BCUT2D eigenvalue weighted by atomic mass is 35.5. The van der Waals surface area contributed by atoms with Gasteiger partial charge in [-0.05, 0) is 43.0 Å². The van der Waals surface area contributed by atoms with Gasteiger partial charge in [-0.25, -0.2) is 8.42 Å². The fourth-order valence-electron chi connectivity index (χ4n) is 2.51. The first-order valence-corrected chi connectivity index (χ1v) is 11.2. The summed E-state index contributed by atoms with van der Waals surface area (Å²) in [6, 6.07) is 12.9. The van der Waals surface area contributed by atoms with E-state index in [-0.39, 0.29) is 0 Å². The Kier molecular flexibility index (Phi) is 6.97. The molecule has 0 aliphatic rings. The highest BCUT2D eigenvalue weighted by Crippen LogP contribution is 2.28. The summed E-state index contributed by atoms with van der Waals surface area (Å²) < 4.78 is 25.7. The zero-order valence-electron chi connectivity index (χ0n) is 14.8.